The summed E-state index contributed by atoms with van der Waals surface area (Å²) in [6.07, 6.45) is -12.4. The molecule has 0 heterocycles. The molecule has 0 bridgehead atoms. The summed E-state index contributed by atoms with van der Waals surface area (Å²) in [6.45, 7) is 2.60. The molecule has 1 atom stereocenters. The molecule has 1 unspecified atom stereocenters. The third kappa shape index (κ3) is 3.75. The van der Waals surface area contributed by atoms with E-state index in [0.717, 1.165) is 6.92 Å². The first-order chi connectivity index (χ1) is 14.7. The van der Waals surface area contributed by atoms with Gasteiger partial charge in [-0.2, -0.15) is 26.3 Å². The molecule has 0 aromatic heterocycles. The summed E-state index contributed by atoms with van der Waals surface area (Å²) in [7, 11) is 0. The van der Waals surface area contributed by atoms with Crippen LogP contribution in [0.5, 0.6) is 0 Å². The Kier molecular flexibility index (Phi) is 5.86. The highest BCUT2D eigenvalue weighted by Gasteiger charge is 2.73. The number of aryl methyl sites for hydroxylation is 2. The molecule has 0 aliphatic heterocycles. The Hall–Kier alpha value is -2.91. The van der Waals surface area contributed by atoms with Crippen molar-refractivity contribution in [2.24, 2.45) is 5.92 Å². The quantitative estimate of drug-likeness (QED) is 0.459. The Labute approximate surface area is 178 Å². The fraction of sp³-hybridized carbons (Fsp3) is 0.364. The van der Waals surface area contributed by atoms with Crippen LogP contribution >= 0.6 is 0 Å². The van der Waals surface area contributed by atoms with Crippen molar-refractivity contribution in [1.82, 2.24) is 0 Å². The number of carbonyl (C=O) groups is 2. The van der Waals surface area contributed by atoms with E-state index in [2.05, 4.69) is 5.32 Å². The summed E-state index contributed by atoms with van der Waals surface area (Å²) in [5.74, 6) is -2.25. The Morgan fingerprint density at radius 3 is 2.16 bits per heavy atom. The Balaban J connectivity index is 1.98. The van der Waals surface area contributed by atoms with Gasteiger partial charge in [-0.3, -0.25) is 9.59 Å². The summed E-state index contributed by atoms with van der Waals surface area (Å²) < 4.78 is 93.3. The van der Waals surface area contributed by atoms with E-state index in [1.807, 2.05) is 0 Å². The van der Waals surface area contributed by atoms with Crippen molar-refractivity contribution in [3.63, 3.8) is 0 Å². The fourth-order valence-corrected chi connectivity index (χ4v) is 3.87. The van der Waals surface area contributed by atoms with Crippen LogP contribution in [0.3, 0.4) is 0 Å². The van der Waals surface area contributed by atoms with Crippen molar-refractivity contribution in [3.8, 4) is 0 Å². The summed E-state index contributed by atoms with van der Waals surface area (Å²) >= 11 is 0. The minimum atomic E-state index is -6.24. The minimum Gasteiger partial charge on any atom is -0.325 e. The molecule has 2 aromatic rings. The first kappa shape index (κ1) is 23.7. The van der Waals surface area contributed by atoms with Gasteiger partial charge in [0.2, 0.25) is 5.91 Å². The zero-order valence-corrected chi connectivity index (χ0v) is 16.9. The number of hydrogen-bond acceptors (Lipinski definition) is 2. The molecule has 1 aliphatic carbocycles. The molecule has 32 heavy (non-hydrogen) atoms. The highest BCUT2D eigenvalue weighted by molar-refractivity contribution is 6.16. The van der Waals surface area contributed by atoms with Crippen molar-refractivity contribution in [1.29, 1.82) is 0 Å². The summed E-state index contributed by atoms with van der Waals surface area (Å²) in [6, 6.07) is 7.47. The van der Waals surface area contributed by atoms with Crippen LogP contribution in [0.2, 0.25) is 0 Å². The second kappa shape index (κ2) is 7.90. The monoisotopic (exact) mass is 461 g/mol. The minimum absolute atomic E-state index is 0.0447. The number of nitrogens with one attached hydrogen (secondary N) is 1. The van der Waals surface area contributed by atoms with Gasteiger partial charge < -0.3 is 5.32 Å². The maximum Gasteiger partial charge on any atom is 0.435 e. The molecule has 1 aliphatic rings. The van der Waals surface area contributed by atoms with Crippen LogP contribution in [0, 0.1) is 12.8 Å². The number of hydrogen-bond donors (Lipinski definition) is 1. The predicted molar refractivity (Wildman–Crippen MR) is 102 cm³/mol. The lowest BCUT2D eigenvalue weighted by Gasteiger charge is -2.31. The van der Waals surface area contributed by atoms with Crippen molar-refractivity contribution in [2.45, 2.75) is 44.7 Å². The van der Waals surface area contributed by atoms with Gasteiger partial charge in [0.1, 0.15) is 5.92 Å². The first-order valence-corrected chi connectivity index (χ1v) is 9.61. The lowest BCUT2D eigenvalue weighted by Crippen LogP contribution is -2.50. The zero-order valence-electron chi connectivity index (χ0n) is 16.9. The van der Waals surface area contributed by atoms with Crippen LogP contribution in [0.4, 0.5) is 36.4 Å². The molecular formula is C22H18F7NO2. The molecule has 0 saturated carbocycles. The van der Waals surface area contributed by atoms with Gasteiger partial charge in [-0.25, -0.2) is 4.39 Å². The molecule has 3 rings (SSSR count). The number of ketones is 1. The van der Waals surface area contributed by atoms with Gasteiger partial charge in [0, 0.05) is 16.8 Å². The summed E-state index contributed by atoms with van der Waals surface area (Å²) in [5, 5.41) is 2.45. The number of Topliss-reactive ketones (excluding diaryl/α,β-unsaturated/α-hetero) is 1. The van der Waals surface area contributed by atoms with Gasteiger partial charge in [-0.15, -0.1) is 0 Å². The molecule has 0 spiro atoms. The number of anilines is 1. The molecule has 1 N–H and O–H groups in total. The van der Waals surface area contributed by atoms with Gasteiger partial charge in [0.25, 0.3) is 0 Å². The standard InChI is InChI=1S/C22H18F7NO2/c1-3-12-9-14(20(23,21(24,25)26)22(27,28)29)8-11(2)17(12)30-19(32)16-10-13-6-4-5-7-15(13)18(16)31/h4-9,16H,3,10H2,1-2H3,(H,30,32). The molecule has 0 saturated heterocycles. The lowest BCUT2D eigenvalue weighted by atomic mass is 9.89. The molecule has 10 heteroatoms. The lowest BCUT2D eigenvalue weighted by molar-refractivity contribution is -0.348. The number of alkyl halides is 7. The van der Waals surface area contributed by atoms with Crippen LogP contribution in [0.15, 0.2) is 36.4 Å². The zero-order chi connectivity index (χ0) is 24.1. The van der Waals surface area contributed by atoms with E-state index in [9.17, 15) is 40.3 Å². The molecule has 2 aromatic carbocycles. The largest absolute Gasteiger partial charge is 0.435 e. The first-order valence-electron chi connectivity index (χ1n) is 9.61. The molecule has 3 nitrogen and oxygen atoms in total. The van der Waals surface area contributed by atoms with Crippen LogP contribution in [0.1, 0.15) is 39.5 Å². The third-order valence-electron chi connectivity index (χ3n) is 5.57. The SMILES string of the molecule is CCc1cc(C(F)(C(F)(F)F)C(F)(F)F)cc(C)c1NC(=O)C1Cc2ccccc2C1=O. The van der Waals surface area contributed by atoms with Crippen LogP contribution in [0.25, 0.3) is 0 Å². The second-order valence-corrected chi connectivity index (χ2v) is 7.60. The second-order valence-electron chi connectivity index (χ2n) is 7.60. The normalized spacial score (nSPS) is 16.8. The van der Waals surface area contributed by atoms with E-state index in [1.165, 1.54) is 6.92 Å². The fourth-order valence-electron chi connectivity index (χ4n) is 3.87. The van der Waals surface area contributed by atoms with E-state index >= 15 is 0 Å². The van der Waals surface area contributed by atoms with Crippen molar-refractivity contribution in [2.75, 3.05) is 5.32 Å². The Bertz CT molecular complexity index is 1060. The van der Waals surface area contributed by atoms with Gasteiger partial charge in [-0.05, 0) is 42.5 Å². The Morgan fingerprint density at radius 2 is 1.62 bits per heavy atom. The average molecular weight is 461 g/mol. The van der Waals surface area contributed by atoms with Gasteiger partial charge in [0.05, 0.1) is 0 Å². The topological polar surface area (TPSA) is 46.2 Å². The highest BCUT2D eigenvalue weighted by Crippen LogP contribution is 2.54. The van der Waals surface area contributed by atoms with Crippen molar-refractivity contribution < 1.29 is 40.3 Å². The number of rotatable bonds is 4. The number of halogens is 7. The number of fused-ring (bicyclic) bond motifs is 1. The maximum atomic E-state index is 14.5. The highest BCUT2D eigenvalue weighted by atomic mass is 19.4. The van der Waals surface area contributed by atoms with E-state index in [1.54, 1.807) is 24.3 Å². The van der Waals surface area contributed by atoms with Gasteiger partial charge >= 0.3 is 18.0 Å². The predicted octanol–water partition coefficient (Wildman–Crippen LogP) is 5.84. The van der Waals surface area contributed by atoms with E-state index in [-0.39, 0.29) is 29.7 Å². The van der Waals surface area contributed by atoms with E-state index in [0.29, 0.717) is 23.3 Å². The van der Waals surface area contributed by atoms with Crippen LogP contribution < -0.4 is 5.32 Å². The van der Waals surface area contributed by atoms with Crippen molar-refractivity contribution >= 4 is 17.4 Å². The maximum absolute atomic E-state index is 14.5. The molecule has 172 valence electrons. The molecular weight excluding hydrogens is 443 g/mol. The van der Waals surface area contributed by atoms with Crippen molar-refractivity contribution in [3.05, 3.63) is 64.2 Å². The smallest absolute Gasteiger partial charge is 0.325 e. The summed E-state index contributed by atoms with van der Waals surface area (Å²) in [5.41, 5.74) is -6.49. The van der Waals surface area contributed by atoms with E-state index < -0.39 is 41.2 Å². The third-order valence-corrected chi connectivity index (χ3v) is 5.57. The Morgan fingerprint density at radius 1 is 1.03 bits per heavy atom. The van der Waals surface area contributed by atoms with Crippen LogP contribution in [-0.2, 0) is 23.3 Å². The molecule has 1 amide bonds. The molecule has 0 fully saturated rings. The molecule has 0 radical (unpaired) electrons. The van der Waals surface area contributed by atoms with E-state index in [4.69, 9.17) is 0 Å². The number of amides is 1. The number of carbonyl (C=O) groups excluding carboxylic acids is 2. The van der Waals surface area contributed by atoms with Gasteiger partial charge in [0.15, 0.2) is 5.78 Å². The summed E-state index contributed by atoms with van der Waals surface area (Å²) in [4.78, 5) is 25.3. The number of benzene rings is 2. The van der Waals surface area contributed by atoms with Crippen LogP contribution in [-0.4, -0.2) is 24.0 Å². The average Bonchev–Trinajstić information content (AvgIpc) is 3.03. The van der Waals surface area contributed by atoms with Gasteiger partial charge in [-0.1, -0.05) is 37.3 Å².